The zero-order valence-corrected chi connectivity index (χ0v) is 19.3. The van der Waals surface area contributed by atoms with Crippen molar-refractivity contribution in [3.8, 4) is 17.2 Å². The van der Waals surface area contributed by atoms with Crippen LogP contribution in [0.1, 0.15) is 40.9 Å². The molecule has 0 aliphatic carbocycles. The van der Waals surface area contributed by atoms with Gasteiger partial charge in [0.25, 0.3) is 0 Å². The molecule has 0 N–H and O–H groups in total. The van der Waals surface area contributed by atoms with Gasteiger partial charge in [-0.25, -0.2) is 4.79 Å². The van der Waals surface area contributed by atoms with Crippen LogP contribution < -0.4 is 14.2 Å². The standard InChI is InChI=1S/C24H28ClNO6/c1-4-31-24(28)16-5-7-18(8-6-16)32-15-20-19-14-22(30-3)21(29-2)13-17(19)10-12-26(20)23(27)9-11-25/h5-8,13-14,20H,4,9-12,15H2,1-3H3. The van der Waals surface area contributed by atoms with Crippen molar-refractivity contribution in [2.75, 3.05) is 39.9 Å². The van der Waals surface area contributed by atoms with E-state index < -0.39 is 0 Å². The molecule has 8 heteroatoms. The molecule has 1 atom stereocenters. The van der Waals surface area contributed by atoms with Crippen LogP contribution in [0.25, 0.3) is 0 Å². The predicted octanol–water partition coefficient (Wildman–Crippen LogP) is 4.01. The number of benzene rings is 2. The Hall–Kier alpha value is -2.93. The molecule has 1 aliphatic rings. The maximum absolute atomic E-state index is 12.8. The van der Waals surface area contributed by atoms with Gasteiger partial charge >= 0.3 is 5.97 Å². The summed E-state index contributed by atoms with van der Waals surface area (Å²) in [5.74, 6) is 1.71. The van der Waals surface area contributed by atoms with Crippen LogP contribution in [-0.2, 0) is 16.0 Å². The zero-order valence-electron chi connectivity index (χ0n) is 18.6. The van der Waals surface area contributed by atoms with Crippen molar-refractivity contribution < 1.29 is 28.5 Å². The summed E-state index contributed by atoms with van der Waals surface area (Å²) in [6.07, 6.45) is 0.962. The Morgan fingerprint density at radius 1 is 1.09 bits per heavy atom. The van der Waals surface area contributed by atoms with Gasteiger partial charge in [0.15, 0.2) is 11.5 Å². The second-order valence-corrected chi connectivity index (χ2v) is 7.63. The van der Waals surface area contributed by atoms with Crippen molar-refractivity contribution in [3.05, 3.63) is 53.1 Å². The molecule has 32 heavy (non-hydrogen) atoms. The Labute approximate surface area is 193 Å². The highest BCUT2D eigenvalue weighted by molar-refractivity contribution is 6.18. The van der Waals surface area contributed by atoms with Crippen LogP contribution in [0.4, 0.5) is 0 Å². The van der Waals surface area contributed by atoms with Crippen LogP contribution >= 0.6 is 11.6 Å². The second kappa shape index (κ2) is 11.1. The molecular weight excluding hydrogens is 434 g/mol. The molecule has 0 saturated heterocycles. The fraction of sp³-hybridized carbons (Fsp3) is 0.417. The third-order valence-electron chi connectivity index (χ3n) is 5.40. The zero-order chi connectivity index (χ0) is 23.1. The van der Waals surface area contributed by atoms with Crippen LogP contribution in [0.2, 0.25) is 0 Å². The minimum absolute atomic E-state index is 0.0216. The number of hydrogen-bond acceptors (Lipinski definition) is 6. The Morgan fingerprint density at radius 3 is 2.41 bits per heavy atom. The molecular formula is C24H28ClNO6. The predicted molar refractivity (Wildman–Crippen MR) is 121 cm³/mol. The van der Waals surface area contributed by atoms with Crippen molar-refractivity contribution in [2.24, 2.45) is 0 Å². The minimum Gasteiger partial charge on any atom is -0.493 e. The lowest BCUT2D eigenvalue weighted by molar-refractivity contribution is -0.134. The molecule has 172 valence electrons. The number of ether oxygens (including phenoxy) is 4. The van der Waals surface area contributed by atoms with Crippen molar-refractivity contribution >= 4 is 23.5 Å². The number of fused-ring (bicyclic) bond motifs is 1. The maximum Gasteiger partial charge on any atom is 0.338 e. The first-order valence-corrected chi connectivity index (χ1v) is 11.1. The van der Waals surface area contributed by atoms with E-state index in [1.165, 1.54) is 0 Å². The van der Waals surface area contributed by atoms with Crippen LogP contribution in [-0.4, -0.2) is 56.6 Å². The van der Waals surface area contributed by atoms with Crippen molar-refractivity contribution in [1.82, 2.24) is 4.90 Å². The molecule has 0 bridgehead atoms. The first-order valence-electron chi connectivity index (χ1n) is 10.5. The van der Waals surface area contributed by atoms with Crippen molar-refractivity contribution in [3.63, 3.8) is 0 Å². The molecule has 2 aromatic carbocycles. The molecule has 1 unspecified atom stereocenters. The van der Waals surface area contributed by atoms with Gasteiger partial charge in [-0.05, 0) is 60.9 Å². The summed E-state index contributed by atoms with van der Waals surface area (Å²) in [6.45, 7) is 2.89. The van der Waals surface area contributed by atoms with Gasteiger partial charge in [-0.2, -0.15) is 0 Å². The third-order valence-corrected chi connectivity index (χ3v) is 5.59. The number of alkyl halides is 1. The van der Waals surface area contributed by atoms with Gasteiger partial charge in [0.05, 0.1) is 32.4 Å². The molecule has 3 rings (SSSR count). The first kappa shape index (κ1) is 23.7. The van der Waals surface area contributed by atoms with Gasteiger partial charge in [0.1, 0.15) is 12.4 Å². The summed E-state index contributed by atoms with van der Waals surface area (Å²) in [7, 11) is 3.18. The summed E-state index contributed by atoms with van der Waals surface area (Å²) in [5, 5.41) is 0. The summed E-state index contributed by atoms with van der Waals surface area (Å²) in [4.78, 5) is 26.4. The molecule has 2 aromatic rings. The number of amides is 1. The summed E-state index contributed by atoms with van der Waals surface area (Å²) in [6, 6.07) is 10.3. The number of hydrogen-bond donors (Lipinski definition) is 0. The number of carbonyl (C=O) groups is 2. The van der Waals surface area contributed by atoms with Gasteiger partial charge in [-0.15, -0.1) is 11.6 Å². The van der Waals surface area contributed by atoms with Gasteiger partial charge in [-0.1, -0.05) is 0 Å². The van der Waals surface area contributed by atoms with E-state index in [1.54, 1.807) is 45.4 Å². The van der Waals surface area contributed by atoms with E-state index in [0.717, 1.165) is 11.1 Å². The lowest BCUT2D eigenvalue weighted by Gasteiger charge is -2.37. The van der Waals surface area contributed by atoms with Gasteiger partial charge in [0, 0.05) is 18.8 Å². The maximum atomic E-state index is 12.8. The van der Waals surface area contributed by atoms with E-state index in [-0.39, 0.29) is 36.8 Å². The smallest absolute Gasteiger partial charge is 0.338 e. The minimum atomic E-state index is -0.376. The van der Waals surface area contributed by atoms with E-state index in [2.05, 4.69) is 0 Å². The molecule has 0 aromatic heterocycles. The average Bonchev–Trinajstić information content (AvgIpc) is 2.82. The van der Waals surface area contributed by atoms with Crippen LogP contribution in [0.3, 0.4) is 0 Å². The summed E-state index contributed by atoms with van der Waals surface area (Å²) in [5.41, 5.74) is 2.50. The highest BCUT2D eigenvalue weighted by Crippen LogP contribution is 2.38. The molecule has 0 saturated carbocycles. The van der Waals surface area contributed by atoms with Crippen LogP contribution in [0.5, 0.6) is 17.2 Å². The largest absolute Gasteiger partial charge is 0.493 e. The van der Waals surface area contributed by atoms with E-state index in [4.69, 9.17) is 30.5 Å². The van der Waals surface area contributed by atoms with Gasteiger partial charge in [-0.3, -0.25) is 4.79 Å². The molecule has 0 radical (unpaired) electrons. The Morgan fingerprint density at radius 2 is 1.78 bits per heavy atom. The molecule has 0 spiro atoms. The Bertz CT molecular complexity index is 946. The van der Waals surface area contributed by atoms with Crippen molar-refractivity contribution in [1.29, 1.82) is 0 Å². The molecule has 0 fully saturated rings. The quantitative estimate of drug-likeness (QED) is 0.415. The monoisotopic (exact) mass is 461 g/mol. The SMILES string of the molecule is CCOC(=O)c1ccc(OCC2c3cc(OC)c(OC)cc3CCN2C(=O)CCCl)cc1. The van der Waals surface area contributed by atoms with Crippen LogP contribution in [0.15, 0.2) is 36.4 Å². The third kappa shape index (κ3) is 5.27. The summed E-state index contributed by atoms with van der Waals surface area (Å²) >= 11 is 5.83. The normalized spacial score (nSPS) is 15.0. The topological polar surface area (TPSA) is 74.3 Å². The van der Waals surface area contributed by atoms with E-state index in [0.29, 0.717) is 42.4 Å². The number of carbonyl (C=O) groups excluding carboxylic acids is 2. The van der Waals surface area contributed by atoms with Gasteiger partial charge < -0.3 is 23.8 Å². The lowest BCUT2D eigenvalue weighted by Crippen LogP contribution is -2.42. The molecule has 7 nitrogen and oxygen atoms in total. The molecule has 1 heterocycles. The fourth-order valence-electron chi connectivity index (χ4n) is 3.81. The van der Waals surface area contributed by atoms with Gasteiger partial charge in [0.2, 0.25) is 5.91 Å². The number of esters is 1. The Kier molecular flexibility index (Phi) is 8.22. The highest BCUT2D eigenvalue weighted by Gasteiger charge is 2.32. The molecule has 1 aliphatic heterocycles. The first-order chi connectivity index (χ1) is 15.5. The number of methoxy groups -OCH3 is 2. The number of rotatable bonds is 9. The van der Waals surface area contributed by atoms with E-state index >= 15 is 0 Å². The second-order valence-electron chi connectivity index (χ2n) is 7.25. The lowest BCUT2D eigenvalue weighted by atomic mass is 9.92. The van der Waals surface area contributed by atoms with Crippen molar-refractivity contribution in [2.45, 2.75) is 25.8 Å². The number of nitrogens with zero attached hydrogens (tertiary/aromatic N) is 1. The van der Waals surface area contributed by atoms with Crippen LogP contribution in [0, 0.1) is 0 Å². The summed E-state index contributed by atoms with van der Waals surface area (Å²) < 4.78 is 22.0. The van der Waals surface area contributed by atoms with E-state index in [1.807, 2.05) is 17.0 Å². The van der Waals surface area contributed by atoms with E-state index in [9.17, 15) is 9.59 Å². The fourth-order valence-corrected chi connectivity index (χ4v) is 3.97. The Balaban J connectivity index is 1.85. The molecule has 1 amide bonds. The average molecular weight is 462 g/mol. The number of halogens is 1. The highest BCUT2D eigenvalue weighted by atomic mass is 35.5.